The highest BCUT2D eigenvalue weighted by atomic mass is 35.5. The number of benzene rings is 1. The van der Waals surface area contributed by atoms with Crippen LogP contribution in [0.2, 0.25) is 5.02 Å². The molecule has 1 N–H and O–H groups in total. The van der Waals surface area contributed by atoms with Gasteiger partial charge in [-0.05, 0) is 18.2 Å². The second-order valence-electron chi connectivity index (χ2n) is 8.10. The van der Waals surface area contributed by atoms with Gasteiger partial charge in [0.2, 0.25) is 0 Å². The van der Waals surface area contributed by atoms with Crippen LogP contribution in [0.5, 0.6) is 0 Å². The molecule has 0 amide bonds. The van der Waals surface area contributed by atoms with E-state index in [2.05, 4.69) is 32.8 Å². The van der Waals surface area contributed by atoms with Gasteiger partial charge in [-0.25, -0.2) is 14.5 Å². The Morgan fingerprint density at radius 1 is 1.21 bits per heavy atom. The van der Waals surface area contributed by atoms with Crippen molar-refractivity contribution < 1.29 is 0 Å². The number of para-hydroxylation sites is 1. The molecule has 0 bridgehead atoms. The molecule has 0 spiro atoms. The minimum atomic E-state index is -0.247. The molecule has 0 radical (unpaired) electrons. The summed E-state index contributed by atoms with van der Waals surface area (Å²) in [6.45, 7) is 2.80. The normalized spacial score (nSPS) is 17.9. The van der Waals surface area contributed by atoms with Crippen molar-refractivity contribution in [2.75, 3.05) is 11.4 Å². The van der Waals surface area contributed by atoms with E-state index in [0.717, 1.165) is 0 Å². The van der Waals surface area contributed by atoms with E-state index in [1.54, 1.807) is 23.0 Å². The first-order chi connectivity index (χ1) is 16.1. The third kappa shape index (κ3) is 2.78. The van der Waals surface area contributed by atoms with E-state index in [9.17, 15) is 10.1 Å². The fourth-order valence-electron chi connectivity index (χ4n) is 4.62. The summed E-state index contributed by atoms with van der Waals surface area (Å²) in [4.78, 5) is 27.5. The van der Waals surface area contributed by atoms with Crippen molar-refractivity contribution >= 4 is 34.0 Å². The minimum absolute atomic E-state index is 0.185. The standard InChI is InChI=1S/C23H17ClN8O/c1-13-11-30(21-17-14(9-25)10-26-20(17)27-12-28-21)18(13)22-29-31-8-7-16(24)19(31)23(33)32(22)15-5-3-2-4-6-15/h2-8,10,12-13,18H,11H2,1H3,(H,26,27,28). The van der Waals surface area contributed by atoms with Gasteiger partial charge >= 0.3 is 0 Å². The summed E-state index contributed by atoms with van der Waals surface area (Å²) in [6.07, 6.45) is 4.80. The van der Waals surface area contributed by atoms with Crippen LogP contribution in [0.25, 0.3) is 22.2 Å². The van der Waals surface area contributed by atoms with E-state index in [1.807, 2.05) is 30.3 Å². The van der Waals surface area contributed by atoms with Crippen LogP contribution in [0.4, 0.5) is 5.82 Å². The van der Waals surface area contributed by atoms with Crippen LogP contribution < -0.4 is 10.5 Å². The molecule has 4 aromatic heterocycles. The summed E-state index contributed by atoms with van der Waals surface area (Å²) in [5, 5.41) is 15.4. The predicted octanol–water partition coefficient (Wildman–Crippen LogP) is 3.48. The zero-order chi connectivity index (χ0) is 22.7. The molecule has 6 rings (SSSR count). The zero-order valence-electron chi connectivity index (χ0n) is 17.5. The Balaban J connectivity index is 1.60. The molecular weight excluding hydrogens is 440 g/mol. The number of aromatic nitrogens is 6. The molecule has 1 aromatic carbocycles. The number of anilines is 1. The summed E-state index contributed by atoms with van der Waals surface area (Å²) in [7, 11) is 0. The summed E-state index contributed by atoms with van der Waals surface area (Å²) in [6, 6.07) is 13.0. The van der Waals surface area contributed by atoms with Crippen molar-refractivity contribution in [1.29, 1.82) is 5.26 Å². The van der Waals surface area contributed by atoms with E-state index in [0.29, 0.717) is 51.0 Å². The van der Waals surface area contributed by atoms with Crippen molar-refractivity contribution in [2.24, 2.45) is 5.92 Å². The molecule has 5 aromatic rings. The molecule has 1 saturated heterocycles. The van der Waals surface area contributed by atoms with Gasteiger partial charge in [0.15, 0.2) is 5.82 Å². The maximum atomic E-state index is 13.6. The molecule has 1 aliphatic rings. The number of hydrogen-bond donors (Lipinski definition) is 1. The Bertz CT molecular complexity index is 1630. The lowest BCUT2D eigenvalue weighted by Crippen LogP contribution is -2.51. The van der Waals surface area contributed by atoms with E-state index >= 15 is 0 Å². The molecule has 1 fully saturated rings. The fourth-order valence-corrected chi connectivity index (χ4v) is 4.85. The first-order valence-electron chi connectivity index (χ1n) is 10.4. The molecule has 2 unspecified atom stereocenters. The average molecular weight is 457 g/mol. The van der Waals surface area contributed by atoms with E-state index in [-0.39, 0.29) is 17.5 Å². The zero-order valence-corrected chi connectivity index (χ0v) is 18.2. The Hall–Kier alpha value is -4.16. The van der Waals surface area contributed by atoms with Crippen LogP contribution in [-0.4, -0.2) is 35.7 Å². The number of hydrogen-bond acceptors (Lipinski definition) is 6. The van der Waals surface area contributed by atoms with Gasteiger partial charge < -0.3 is 9.88 Å². The highest BCUT2D eigenvalue weighted by molar-refractivity contribution is 6.33. The lowest BCUT2D eigenvalue weighted by molar-refractivity contribution is 0.301. The topological polar surface area (TPSA) is 108 Å². The van der Waals surface area contributed by atoms with Crippen LogP contribution in [0.1, 0.15) is 24.4 Å². The van der Waals surface area contributed by atoms with Gasteiger partial charge in [-0.3, -0.25) is 9.36 Å². The maximum Gasteiger partial charge on any atom is 0.284 e. The second-order valence-corrected chi connectivity index (χ2v) is 8.51. The van der Waals surface area contributed by atoms with Crippen LogP contribution in [-0.2, 0) is 0 Å². The largest absolute Gasteiger partial charge is 0.345 e. The van der Waals surface area contributed by atoms with Crippen molar-refractivity contribution in [1.82, 2.24) is 29.1 Å². The smallest absolute Gasteiger partial charge is 0.284 e. The minimum Gasteiger partial charge on any atom is -0.345 e. The monoisotopic (exact) mass is 456 g/mol. The van der Waals surface area contributed by atoms with Crippen LogP contribution in [0.3, 0.4) is 0 Å². The van der Waals surface area contributed by atoms with Crippen LogP contribution in [0, 0.1) is 17.2 Å². The Labute approximate surface area is 192 Å². The molecule has 0 saturated carbocycles. The van der Waals surface area contributed by atoms with Crippen molar-refractivity contribution in [3.8, 4) is 11.8 Å². The predicted molar refractivity (Wildman–Crippen MR) is 124 cm³/mol. The van der Waals surface area contributed by atoms with Gasteiger partial charge in [-0.15, -0.1) is 0 Å². The van der Waals surface area contributed by atoms with Gasteiger partial charge in [-0.2, -0.15) is 10.4 Å². The third-order valence-electron chi connectivity index (χ3n) is 6.14. The lowest BCUT2D eigenvalue weighted by atomic mass is 9.89. The van der Waals surface area contributed by atoms with E-state index < -0.39 is 0 Å². The van der Waals surface area contributed by atoms with E-state index in [4.69, 9.17) is 16.7 Å². The van der Waals surface area contributed by atoms with Crippen molar-refractivity contribution in [3.63, 3.8) is 0 Å². The summed E-state index contributed by atoms with van der Waals surface area (Å²) < 4.78 is 3.16. The number of fused-ring (bicyclic) bond motifs is 2. The van der Waals surface area contributed by atoms with Gasteiger partial charge in [-0.1, -0.05) is 36.7 Å². The van der Waals surface area contributed by atoms with Gasteiger partial charge in [0.05, 0.1) is 27.7 Å². The summed E-state index contributed by atoms with van der Waals surface area (Å²) in [5.41, 5.74) is 1.85. The Morgan fingerprint density at radius 2 is 2.03 bits per heavy atom. The molecule has 9 nitrogen and oxygen atoms in total. The van der Waals surface area contributed by atoms with Crippen LogP contribution >= 0.6 is 11.6 Å². The molecule has 10 heteroatoms. The van der Waals surface area contributed by atoms with Crippen molar-refractivity contribution in [2.45, 2.75) is 13.0 Å². The Morgan fingerprint density at radius 3 is 2.79 bits per heavy atom. The lowest BCUT2D eigenvalue weighted by Gasteiger charge is -2.47. The Kier molecular flexibility index (Phi) is 4.25. The molecule has 2 atom stereocenters. The van der Waals surface area contributed by atoms with Crippen LogP contribution in [0.15, 0.2) is 59.9 Å². The highest BCUT2D eigenvalue weighted by Gasteiger charge is 2.42. The van der Waals surface area contributed by atoms with Gasteiger partial charge in [0.1, 0.15) is 29.4 Å². The number of halogens is 1. The highest BCUT2D eigenvalue weighted by Crippen LogP contribution is 2.43. The molecule has 5 heterocycles. The van der Waals surface area contributed by atoms with Gasteiger partial charge in [0.25, 0.3) is 5.56 Å². The number of nitrogens with one attached hydrogen (secondary N) is 1. The first-order valence-corrected chi connectivity index (χ1v) is 10.8. The molecule has 162 valence electrons. The average Bonchev–Trinajstić information content (AvgIpc) is 3.41. The quantitative estimate of drug-likeness (QED) is 0.445. The summed E-state index contributed by atoms with van der Waals surface area (Å²) >= 11 is 6.32. The second kappa shape index (κ2) is 7.18. The molecule has 0 aliphatic carbocycles. The van der Waals surface area contributed by atoms with Crippen molar-refractivity contribution in [3.05, 3.63) is 81.9 Å². The maximum absolute atomic E-state index is 13.6. The molecule has 1 aliphatic heterocycles. The number of rotatable bonds is 3. The number of H-pyrrole nitrogens is 1. The first kappa shape index (κ1) is 19.5. The van der Waals surface area contributed by atoms with E-state index in [1.165, 1.54) is 10.8 Å². The SMILES string of the molecule is CC1CN(c2ncnc3[nH]cc(C#N)c23)C1c1nn2ccc(Cl)c2c(=O)n1-c1ccccc1. The van der Waals surface area contributed by atoms with Gasteiger partial charge in [0, 0.05) is 24.9 Å². The molecule has 33 heavy (non-hydrogen) atoms. The number of nitrogens with zero attached hydrogens (tertiary/aromatic N) is 7. The number of nitriles is 1. The molecular formula is C23H17ClN8O. The number of aromatic amines is 1. The third-order valence-corrected chi connectivity index (χ3v) is 6.45. The fraction of sp³-hybridized carbons (Fsp3) is 0.174. The summed E-state index contributed by atoms with van der Waals surface area (Å²) in [5.74, 6) is 1.40.